The van der Waals surface area contributed by atoms with Gasteiger partial charge in [0.15, 0.2) is 0 Å². The van der Waals surface area contributed by atoms with Crippen LogP contribution in [0, 0.1) is 28.4 Å². The number of nitro groups is 1. The molecular weight excluding hydrogens is 382 g/mol. The Morgan fingerprint density at radius 3 is 2.50 bits per heavy atom. The van der Waals surface area contributed by atoms with E-state index in [0.29, 0.717) is 11.1 Å². The molecule has 0 fully saturated rings. The van der Waals surface area contributed by atoms with Crippen molar-refractivity contribution in [3.8, 4) is 6.07 Å². The summed E-state index contributed by atoms with van der Waals surface area (Å²) < 4.78 is 5.15. The molecule has 0 spiro atoms. The standard InChI is InChI=1S/C19H17N3O5S/c1-11(2)27-19(24)17-12(3)15(10-20)18(28-17)21-16(23)9-6-13-4-7-14(8-5-13)22(25)26/h4-9,11H,1-3H3,(H,21,23)/b9-6+. The maximum Gasteiger partial charge on any atom is 0.348 e. The molecule has 0 atom stereocenters. The van der Waals surface area contributed by atoms with Crippen LogP contribution in [0.25, 0.3) is 6.08 Å². The number of rotatable bonds is 6. The molecule has 8 nitrogen and oxygen atoms in total. The molecule has 0 bridgehead atoms. The summed E-state index contributed by atoms with van der Waals surface area (Å²) in [4.78, 5) is 34.7. The zero-order valence-corrected chi connectivity index (χ0v) is 16.2. The number of ether oxygens (including phenoxy) is 1. The molecule has 0 aliphatic heterocycles. The van der Waals surface area contributed by atoms with Gasteiger partial charge < -0.3 is 10.1 Å². The number of nitrogens with one attached hydrogen (secondary N) is 1. The smallest absolute Gasteiger partial charge is 0.348 e. The topological polar surface area (TPSA) is 122 Å². The largest absolute Gasteiger partial charge is 0.459 e. The summed E-state index contributed by atoms with van der Waals surface area (Å²) in [5, 5.41) is 22.8. The van der Waals surface area contributed by atoms with E-state index in [1.54, 1.807) is 20.8 Å². The fourth-order valence-corrected chi connectivity index (χ4v) is 3.27. The highest BCUT2D eigenvalue weighted by Gasteiger charge is 2.22. The van der Waals surface area contributed by atoms with Gasteiger partial charge in [-0.25, -0.2) is 4.79 Å². The number of anilines is 1. The molecule has 0 aliphatic rings. The number of thiophene rings is 1. The monoisotopic (exact) mass is 399 g/mol. The van der Waals surface area contributed by atoms with Crippen LogP contribution >= 0.6 is 11.3 Å². The van der Waals surface area contributed by atoms with Crippen molar-refractivity contribution in [3.63, 3.8) is 0 Å². The van der Waals surface area contributed by atoms with Gasteiger partial charge >= 0.3 is 5.97 Å². The molecular formula is C19H17N3O5S. The van der Waals surface area contributed by atoms with Gasteiger partial charge in [0.2, 0.25) is 5.91 Å². The minimum Gasteiger partial charge on any atom is -0.459 e. The van der Waals surface area contributed by atoms with Crippen LogP contribution in [0.2, 0.25) is 0 Å². The first-order valence-corrected chi connectivity index (χ1v) is 9.02. The number of carbonyl (C=O) groups excluding carboxylic acids is 2. The maximum absolute atomic E-state index is 12.2. The van der Waals surface area contributed by atoms with Crippen LogP contribution in [0.15, 0.2) is 30.3 Å². The Kier molecular flexibility index (Phi) is 6.63. The summed E-state index contributed by atoms with van der Waals surface area (Å²) in [6.45, 7) is 5.06. The quantitative estimate of drug-likeness (QED) is 0.338. The average Bonchev–Trinajstić information content (AvgIpc) is 2.95. The summed E-state index contributed by atoms with van der Waals surface area (Å²) in [6, 6.07) is 7.68. The lowest BCUT2D eigenvalue weighted by Gasteiger charge is -2.06. The molecule has 2 rings (SSSR count). The SMILES string of the molecule is Cc1c(C(=O)OC(C)C)sc(NC(=O)/C=C/c2ccc([N+](=O)[O-])cc2)c1C#N. The second kappa shape index (κ2) is 8.92. The normalized spacial score (nSPS) is 10.7. The lowest BCUT2D eigenvalue weighted by Crippen LogP contribution is -2.11. The van der Waals surface area contributed by atoms with E-state index >= 15 is 0 Å². The van der Waals surface area contributed by atoms with Crippen molar-refractivity contribution in [1.29, 1.82) is 5.26 Å². The zero-order valence-electron chi connectivity index (χ0n) is 15.4. The summed E-state index contributed by atoms with van der Waals surface area (Å²) in [5.41, 5.74) is 1.21. The van der Waals surface area contributed by atoms with Crippen LogP contribution in [-0.4, -0.2) is 22.9 Å². The molecule has 2 aromatic rings. The van der Waals surface area contributed by atoms with Gasteiger partial charge in [0.1, 0.15) is 15.9 Å². The van der Waals surface area contributed by atoms with Gasteiger partial charge in [0, 0.05) is 18.2 Å². The van der Waals surface area contributed by atoms with Crippen LogP contribution in [0.1, 0.15) is 40.2 Å². The number of non-ortho nitro benzene ring substituents is 1. The Labute approximate surface area is 165 Å². The molecule has 0 saturated carbocycles. The van der Waals surface area contributed by atoms with Gasteiger partial charge in [-0.2, -0.15) is 5.26 Å². The maximum atomic E-state index is 12.2. The predicted octanol–water partition coefficient (Wildman–Crippen LogP) is 4.05. The molecule has 0 aliphatic carbocycles. The molecule has 28 heavy (non-hydrogen) atoms. The molecule has 1 aromatic carbocycles. The van der Waals surface area contributed by atoms with Gasteiger partial charge in [0.05, 0.1) is 16.6 Å². The minimum absolute atomic E-state index is 0.0462. The molecule has 0 unspecified atom stereocenters. The highest BCUT2D eigenvalue weighted by atomic mass is 32.1. The van der Waals surface area contributed by atoms with Gasteiger partial charge in [-0.1, -0.05) is 0 Å². The Morgan fingerprint density at radius 1 is 1.32 bits per heavy atom. The van der Waals surface area contributed by atoms with E-state index in [-0.39, 0.29) is 27.2 Å². The number of esters is 1. The van der Waals surface area contributed by atoms with E-state index in [1.807, 2.05) is 6.07 Å². The minimum atomic E-state index is -0.545. The van der Waals surface area contributed by atoms with Crippen LogP contribution in [0.3, 0.4) is 0 Å². The first-order valence-electron chi connectivity index (χ1n) is 8.21. The van der Waals surface area contributed by atoms with Gasteiger partial charge in [-0.3, -0.25) is 14.9 Å². The number of hydrogen-bond donors (Lipinski definition) is 1. The molecule has 0 radical (unpaired) electrons. The third-order valence-electron chi connectivity index (χ3n) is 3.55. The predicted molar refractivity (Wildman–Crippen MR) is 105 cm³/mol. The number of nitro benzene ring substituents is 1. The van der Waals surface area contributed by atoms with Gasteiger partial charge in [-0.05, 0) is 50.1 Å². The Bertz CT molecular complexity index is 984. The van der Waals surface area contributed by atoms with Crippen LogP contribution in [0.5, 0.6) is 0 Å². The molecule has 1 heterocycles. The number of benzene rings is 1. The number of hydrogen-bond acceptors (Lipinski definition) is 7. The first-order chi connectivity index (χ1) is 13.2. The van der Waals surface area contributed by atoms with E-state index < -0.39 is 16.8 Å². The first kappa shape index (κ1) is 20.8. The second-order valence-electron chi connectivity index (χ2n) is 6.00. The van der Waals surface area contributed by atoms with Gasteiger partial charge in [0.25, 0.3) is 5.69 Å². The van der Waals surface area contributed by atoms with Crippen molar-refractivity contribution in [2.75, 3.05) is 5.32 Å². The van der Waals surface area contributed by atoms with E-state index in [0.717, 1.165) is 11.3 Å². The Balaban J connectivity index is 2.16. The Hall–Kier alpha value is -3.51. The fraction of sp³-hybridized carbons (Fsp3) is 0.211. The van der Waals surface area contributed by atoms with Crippen molar-refractivity contribution in [3.05, 3.63) is 62.0 Å². The van der Waals surface area contributed by atoms with E-state index in [9.17, 15) is 25.0 Å². The molecule has 1 aromatic heterocycles. The molecule has 1 amide bonds. The van der Waals surface area contributed by atoms with Crippen molar-refractivity contribution in [2.24, 2.45) is 0 Å². The summed E-state index contributed by atoms with van der Waals surface area (Å²) in [6.07, 6.45) is 2.42. The summed E-state index contributed by atoms with van der Waals surface area (Å²) >= 11 is 0.978. The van der Waals surface area contributed by atoms with Crippen molar-refractivity contribution in [1.82, 2.24) is 0 Å². The van der Waals surface area contributed by atoms with E-state index in [1.165, 1.54) is 36.4 Å². The lowest BCUT2D eigenvalue weighted by molar-refractivity contribution is -0.384. The van der Waals surface area contributed by atoms with Gasteiger partial charge in [-0.15, -0.1) is 11.3 Å². The third kappa shape index (κ3) is 5.02. The fourth-order valence-electron chi connectivity index (χ4n) is 2.23. The van der Waals surface area contributed by atoms with E-state index in [2.05, 4.69) is 5.32 Å². The van der Waals surface area contributed by atoms with Crippen molar-refractivity contribution in [2.45, 2.75) is 26.9 Å². The third-order valence-corrected chi connectivity index (χ3v) is 4.74. The Morgan fingerprint density at radius 2 is 1.96 bits per heavy atom. The zero-order chi connectivity index (χ0) is 20.8. The number of nitriles is 1. The highest BCUT2D eigenvalue weighted by molar-refractivity contribution is 7.18. The number of nitrogens with zero attached hydrogens (tertiary/aromatic N) is 2. The summed E-state index contributed by atoms with van der Waals surface area (Å²) in [5.74, 6) is -1.05. The number of carbonyl (C=O) groups is 2. The van der Waals surface area contributed by atoms with Crippen LogP contribution in [0.4, 0.5) is 10.7 Å². The van der Waals surface area contributed by atoms with Crippen LogP contribution < -0.4 is 5.32 Å². The number of amides is 1. The molecule has 9 heteroatoms. The van der Waals surface area contributed by atoms with E-state index in [4.69, 9.17) is 4.74 Å². The molecule has 144 valence electrons. The average molecular weight is 399 g/mol. The highest BCUT2D eigenvalue weighted by Crippen LogP contribution is 2.33. The van der Waals surface area contributed by atoms with Crippen molar-refractivity contribution < 1.29 is 19.2 Å². The summed E-state index contributed by atoms with van der Waals surface area (Å²) in [7, 11) is 0. The van der Waals surface area contributed by atoms with Crippen molar-refractivity contribution >= 4 is 40.0 Å². The lowest BCUT2D eigenvalue weighted by atomic mass is 10.1. The second-order valence-corrected chi connectivity index (χ2v) is 7.02. The molecule has 1 N–H and O–H groups in total. The van der Waals surface area contributed by atoms with Crippen LogP contribution in [-0.2, 0) is 9.53 Å². The molecule has 0 saturated heterocycles.